The van der Waals surface area contributed by atoms with Crippen LogP contribution in [0.4, 0.5) is 0 Å². The summed E-state index contributed by atoms with van der Waals surface area (Å²) in [5, 5.41) is 59.7. The van der Waals surface area contributed by atoms with Gasteiger partial charge in [-0.1, -0.05) is 0 Å². The number of fused-ring (bicyclic) bond motifs is 3. The summed E-state index contributed by atoms with van der Waals surface area (Å²) < 4.78 is 23.1. The lowest BCUT2D eigenvalue weighted by molar-refractivity contribution is -0.353. The van der Waals surface area contributed by atoms with Gasteiger partial charge in [0, 0.05) is 0 Å². The third-order valence-electron chi connectivity index (χ3n) is 7.30. The molecule has 3 heterocycles. The van der Waals surface area contributed by atoms with Crippen molar-refractivity contribution in [2.45, 2.75) is 88.0 Å². The number of benzene rings is 1. The first-order chi connectivity index (χ1) is 15.8. The highest BCUT2D eigenvalue weighted by Crippen LogP contribution is 2.51. The number of carbonyl (C=O) groups is 1. The maximum Gasteiger partial charge on any atom is 0.338 e. The van der Waals surface area contributed by atoms with E-state index in [-0.39, 0.29) is 17.1 Å². The topological polar surface area (TPSA) is 175 Å². The van der Waals surface area contributed by atoms with Crippen LogP contribution in [0.5, 0.6) is 17.2 Å². The smallest absolute Gasteiger partial charge is 0.338 e. The molecule has 6 N–H and O–H groups in total. The monoisotopic (exact) mass is 484 g/mol. The fraction of sp³-hybridized carbons (Fsp3) is 0.696. The summed E-state index contributed by atoms with van der Waals surface area (Å²) in [7, 11) is 0. The van der Waals surface area contributed by atoms with Crippen molar-refractivity contribution in [2.75, 3.05) is 6.61 Å². The summed E-state index contributed by atoms with van der Waals surface area (Å²) in [5.74, 6) is -2.93. The van der Waals surface area contributed by atoms with Gasteiger partial charge in [-0.2, -0.15) is 0 Å². The van der Waals surface area contributed by atoms with Gasteiger partial charge >= 0.3 is 5.97 Å². The minimum absolute atomic E-state index is 0.252. The molecule has 0 amide bonds. The molecular weight excluding hydrogens is 452 g/mol. The number of aliphatic hydroxyl groups is 3. The molecular formula is C23H32O11. The fourth-order valence-electron chi connectivity index (χ4n) is 5.17. The second kappa shape index (κ2) is 8.81. The van der Waals surface area contributed by atoms with E-state index in [1.165, 1.54) is 0 Å². The number of ether oxygens (including phenoxy) is 4. The predicted molar refractivity (Wildman–Crippen MR) is 114 cm³/mol. The van der Waals surface area contributed by atoms with Gasteiger partial charge in [-0.05, 0) is 58.1 Å². The minimum atomic E-state index is -1.62. The van der Waals surface area contributed by atoms with Crippen LogP contribution < -0.4 is 0 Å². The maximum absolute atomic E-state index is 12.3. The average Bonchev–Trinajstić information content (AvgIpc) is 2.76. The second-order valence-corrected chi connectivity index (χ2v) is 10.1. The van der Waals surface area contributed by atoms with E-state index in [4.69, 9.17) is 18.9 Å². The summed E-state index contributed by atoms with van der Waals surface area (Å²) in [6.45, 7) is 5.50. The van der Waals surface area contributed by atoms with Gasteiger partial charge in [0.15, 0.2) is 23.5 Å². The Kier molecular flexibility index (Phi) is 6.47. The average molecular weight is 484 g/mol. The zero-order chi connectivity index (χ0) is 25.0. The zero-order valence-electron chi connectivity index (χ0n) is 19.2. The minimum Gasteiger partial charge on any atom is -0.504 e. The first-order valence-corrected chi connectivity index (χ1v) is 11.3. The molecule has 4 aliphatic rings. The number of rotatable bonds is 5. The van der Waals surface area contributed by atoms with E-state index < -0.39 is 72.2 Å². The third kappa shape index (κ3) is 4.43. The molecule has 0 spiro atoms. The number of phenols is 3. The quantitative estimate of drug-likeness (QED) is 0.254. The largest absolute Gasteiger partial charge is 0.504 e. The van der Waals surface area contributed by atoms with Gasteiger partial charge in [-0.15, -0.1) is 0 Å². The highest BCUT2D eigenvalue weighted by molar-refractivity contribution is 5.91. The molecule has 0 aromatic heterocycles. The number of esters is 1. The molecule has 1 aromatic carbocycles. The maximum atomic E-state index is 12.3. The zero-order valence-corrected chi connectivity index (χ0v) is 19.2. The first-order valence-electron chi connectivity index (χ1n) is 11.3. The summed E-state index contributed by atoms with van der Waals surface area (Å²) in [4.78, 5) is 12.3. The Balaban J connectivity index is 1.42. The molecule has 0 unspecified atom stereocenters. The van der Waals surface area contributed by atoms with E-state index in [0.29, 0.717) is 6.42 Å². The van der Waals surface area contributed by atoms with Crippen LogP contribution in [-0.4, -0.2) is 91.2 Å². The van der Waals surface area contributed by atoms with Crippen molar-refractivity contribution in [3.8, 4) is 17.2 Å². The molecule has 3 saturated heterocycles. The molecule has 190 valence electrons. The lowest BCUT2D eigenvalue weighted by atomic mass is 9.67. The van der Waals surface area contributed by atoms with E-state index >= 15 is 0 Å². The molecule has 34 heavy (non-hydrogen) atoms. The van der Waals surface area contributed by atoms with E-state index in [1.54, 1.807) is 0 Å². The molecule has 1 aliphatic carbocycles. The van der Waals surface area contributed by atoms with E-state index in [2.05, 4.69) is 0 Å². The Morgan fingerprint density at radius 2 is 1.71 bits per heavy atom. The lowest BCUT2D eigenvalue weighted by Crippen LogP contribution is -2.65. The van der Waals surface area contributed by atoms with Gasteiger partial charge < -0.3 is 49.6 Å². The molecule has 11 heteroatoms. The van der Waals surface area contributed by atoms with Crippen LogP contribution >= 0.6 is 0 Å². The fourth-order valence-corrected chi connectivity index (χ4v) is 5.17. The van der Waals surface area contributed by atoms with Crippen LogP contribution in [-0.2, 0) is 18.9 Å². The van der Waals surface area contributed by atoms with E-state index in [1.807, 2.05) is 20.8 Å². The number of phenolic OH excluding ortho intramolecular Hbond substituents is 3. The van der Waals surface area contributed by atoms with Gasteiger partial charge in [0.1, 0.15) is 31.0 Å². The van der Waals surface area contributed by atoms with Gasteiger partial charge in [0.05, 0.1) is 22.9 Å². The van der Waals surface area contributed by atoms with Crippen molar-refractivity contribution in [1.82, 2.24) is 0 Å². The summed E-state index contributed by atoms with van der Waals surface area (Å²) in [6.07, 6.45) is -5.21. The Labute approximate surface area is 196 Å². The number of aliphatic hydroxyl groups excluding tert-OH is 3. The number of hydrogen-bond donors (Lipinski definition) is 6. The van der Waals surface area contributed by atoms with Gasteiger partial charge in [-0.25, -0.2) is 4.79 Å². The number of carbonyl (C=O) groups excluding carboxylic acids is 1. The van der Waals surface area contributed by atoms with Gasteiger partial charge in [-0.3, -0.25) is 0 Å². The standard InChI is InChI=1S/C23H32O11/c1-22(2)11-4-5-23(3,34-22)15(8-11)33-21-19(29)18(28)17(27)14(32-21)9-31-20(30)10-6-12(24)16(26)13(25)7-10/h6-7,11,14-15,17-19,21,24-29H,4-5,8-9H2,1-3H3/t11-,14-,15+,17-,18+,19-,21+,23+/m1/s1. The van der Waals surface area contributed by atoms with Gasteiger partial charge in [0.25, 0.3) is 0 Å². The summed E-state index contributed by atoms with van der Waals surface area (Å²) >= 11 is 0. The first kappa shape index (κ1) is 25.0. The van der Waals surface area contributed by atoms with Crippen LogP contribution in [0.2, 0.25) is 0 Å². The predicted octanol–water partition coefficient (Wildman–Crippen LogP) is 0.521. The van der Waals surface area contributed by atoms with Crippen LogP contribution in [0.1, 0.15) is 50.4 Å². The molecule has 8 atom stereocenters. The molecule has 2 bridgehead atoms. The van der Waals surface area contributed by atoms with E-state index in [9.17, 15) is 35.4 Å². The van der Waals surface area contributed by atoms with E-state index in [0.717, 1.165) is 25.0 Å². The Morgan fingerprint density at radius 1 is 1.06 bits per heavy atom. The Morgan fingerprint density at radius 3 is 2.29 bits per heavy atom. The van der Waals surface area contributed by atoms with Crippen molar-refractivity contribution in [1.29, 1.82) is 0 Å². The van der Waals surface area contributed by atoms with Crippen LogP contribution in [0.15, 0.2) is 12.1 Å². The van der Waals surface area contributed by atoms with Crippen molar-refractivity contribution < 1.29 is 54.4 Å². The lowest BCUT2D eigenvalue weighted by Gasteiger charge is -2.58. The third-order valence-corrected chi connectivity index (χ3v) is 7.30. The molecule has 4 fully saturated rings. The normalized spacial score (nSPS) is 39.1. The van der Waals surface area contributed by atoms with Crippen molar-refractivity contribution >= 4 is 5.97 Å². The molecule has 1 saturated carbocycles. The number of hydrogen-bond acceptors (Lipinski definition) is 11. The van der Waals surface area contributed by atoms with Crippen molar-refractivity contribution in [3.63, 3.8) is 0 Å². The van der Waals surface area contributed by atoms with Gasteiger partial charge in [0.2, 0.25) is 0 Å². The molecule has 1 aromatic rings. The molecule has 0 radical (unpaired) electrons. The van der Waals surface area contributed by atoms with Crippen LogP contribution in [0, 0.1) is 5.92 Å². The van der Waals surface area contributed by atoms with Crippen LogP contribution in [0.25, 0.3) is 0 Å². The molecule has 5 rings (SSSR count). The van der Waals surface area contributed by atoms with Crippen molar-refractivity contribution in [3.05, 3.63) is 17.7 Å². The Hall–Kier alpha value is -2.15. The highest BCUT2D eigenvalue weighted by atomic mass is 16.7. The molecule has 3 aliphatic heterocycles. The van der Waals surface area contributed by atoms with Crippen LogP contribution in [0.3, 0.4) is 0 Å². The summed E-state index contributed by atoms with van der Waals surface area (Å²) in [6, 6.07) is 1.81. The summed E-state index contributed by atoms with van der Waals surface area (Å²) in [5.41, 5.74) is -1.16. The number of aromatic hydroxyl groups is 3. The Bertz CT molecular complexity index is 910. The highest BCUT2D eigenvalue weighted by Gasteiger charge is 2.56. The SMILES string of the molecule is CC1(C)O[C@@]2(C)CC[C@@H]1C[C@@H]2O[C@@H]1O[C@H](COC(=O)c2cc(O)c(O)c(O)c2)[C@@H](O)[C@H](O)[C@H]1O. The van der Waals surface area contributed by atoms with Crippen molar-refractivity contribution in [2.24, 2.45) is 5.92 Å². The molecule has 11 nitrogen and oxygen atoms in total. The second-order valence-electron chi connectivity index (χ2n) is 10.1.